The van der Waals surface area contributed by atoms with Gasteiger partial charge in [0.15, 0.2) is 24.5 Å². The van der Waals surface area contributed by atoms with Gasteiger partial charge in [-0.05, 0) is 6.42 Å². The maximum atomic E-state index is 8.98. The second-order valence-electron chi connectivity index (χ2n) is 3.89. The number of nitrogens with zero attached hydrogens (tertiary/aromatic N) is 3. The van der Waals surface area contributed by atoms with Crippen LogP contribution in [0.15, 0.2) is 10.3 Å². The van der Waals surface area contributed by atoms with Gasteiger partial charge in [-0.2, -0.15) is 0 Å². The van der Waals surface area contributed by atoms with Crippen molar-refractivity contribution in [1.29, 1.82) is 0 Å². The number of hydrogen-bond donors (Lipinski definition) is 2. The summed E-state index contributed by atoms with van der Waals surface area (Å²) in [7, 11) is 0. The molecule has 1 heterocycles. The van der Waals surface area contributed by atoms with Gasteiger partial charge in [-0.1, -0.05) is 10.3 Å². The third-order valence-corrected chi connectivity index (χ3v) is 2.94. The van der Waals surface area contributed by atoms with E-state index in [0.717, 1.165) is 38.1 Å². The van der Waals surface area contributed by atoms with Crippen molar-refractivity contribution in [2.75, 3.05) is 26.3 Å². The first-order chi connectivity index (χ1) is 7.86. The van der Waals surface area contributed by atoms with E-state index in [1.807, 2.05) is 0 Å². The van der Waals surface area contributed by atoms with Crippen LogP contribution in [0.4, 0.5) is 0 Å². The maximum Gasteiger partial charge on any atom is 0.250 e. The number of rotatable bonds is 0. The standard InChI is InChI=1S/C10H15N3O3.ClH/c14-11-8-2-1-3-9(12-15)10(8)13-4-6-16-7-5-13;/h1-7H2,(H,14,15);1H. The second kappa shape index (κ2) is 6.56. The Morgan fingerprint density at radius 2 is 1.53 bits per heavy atom. The molecule has 0 aromatic heterocycles. The van der Waals surface area contributed by atoms with Gasteiger partial charge in [0.1, 0.15) is 13.2 Å². The topological polar surface area (TPSA) is 77.4 Å². The lowest BCUT2D eigenvalue weighted by Gasteiger charge is -2.18. The lowest BCUT2D eigenvalue weighted by molar-refractivity contribution is -0.546. The van der Waals surface area contributed by atoms with Crippen LogP contribution in [0.5, 0.6) is 0 Å². The molecule has 2 rings (SSSR count). The highest BCUT2D eigenvalue weighted by atomic mass is 35.5. The Morgan fingerprint density at radius 3 is 2.00 bits per heavy atom. The minimum absolute atomic E-state index is 0. The Morgan fingerprint density at radius 1 is 1.00 bits per heavy atom. The van der Waals surface area contributed by atoms with Gasteiger partial charge in [0.05, 0.1) is 0 Å². The molecular formula is C10H16ClN3O3. The molecule has 2 aliphatic rings. The predicted octanol–water partition coefficient (Wildman–Crippen LogP) is -2.68. The largest absolute Gasteiger partial charge is 1.00 e. The zero-order valence-corrected chi connectivity index (χ0v) is 10.2. The molecule has 0 aromatic carbocycles. The van der Waals surface area contributed by atoms with Gasteiger partial charge >= 0.3 is 0 Å². The Bertz CT molecular complexity index is 336. The van der Waals surface area contributed by atoms with E-state index < -0.39 is 0 Å². The summed E-state index contributed by atoms with van der Waals surface area (Å²) >= 11 is 0. The molecule has 17 heavy (non-hydrogen) atoms. The van der Waals surface area contributed by atoms with Crippen molar-refractivity contribution < 1.29 is 32.1 Å². The summed E-state index contributed by atoms with van der Waals surface area (Å²) in [4.78, 5) is 0. The molecule has 1 aliphatic carbocycles. The number of hydrogen-bond acceptors (Lipinski definition) is 5. The van der Waals surface area contributed by atoms with Crippen LogP contribution in [0, 0.1) is 0 Å². The monoisotopic (exact) mass is 261 g/mol. The van der Waals surface area contributed by atoms with Gasteiger partial charge in [0.2, 0.25) is 5.71 Å². The number of halogens is 1. The van der Waals surface area contributed by atoms with Crippen molar-refractivity contribution in [3.8, 4) is 0 Å². The third kappa shape index (κ3) is 2.95. The van der Waals surface area contributed by atoms with E-state index in [-0.39, 0.29) is 12.4 Å². The second-order valence-corrected chi connectivity index (χ2v) is 3.89. The quantitative estimate of drug-likeness (QED) is 0.283. The average Bonchev–Trinajstić information content (AvgIpc) is 2.38. The van der Waals surface area contributed by atoms with Crippen molar-refractivity contribution >= 4 is 17.1 Å². The van der Waals surface area contributed by atoms with Crippen LogP contribution >= 0.6 is 0 Å². The number of ether oxygens (including phenoxy) is 1. The SMILES string of the molecule is ON=C1CCCC(=NO)C1=[N+]1CCOCC1.[Cl-]. The molecule has 1 aliphatic heterocycles. The van der Waals surface area contributed by atoms with E-state index in [1.165, 1.54) is 0 Å². The molecule has 0 radical (unpaired) electrons. The maximum absolute atomic E-state index is 8.98. The molecule has 0 amide bonds. The normalized spacial score (nSPS) is 26.1. The first kappa shape index (κ1) is 13.9. The molecule has 0 bridgehead atoms. The van der Waals surface area contributed by atoms with Gasteiger partial charge in [0.25, 0.3) is 0 Å². The fourth-order valence-electron chi connectivity index (χ4n) is 2.17. The van der Waals surface area contributed by atoms with Crippen molar-refractivity contribution in [3.05, 3.63) is 0 Å². The fourth-order valence-corrected chi connectivity index (χ4v) is 2.17. The zero-order chi connectivity index (χ0) is 11.4. The summed E-state index contributed by atoms with van der Waals surface area (Å²) in [6, 6.07) is 0. The van der Waals surface area contributed by atoms with E-state index in [0.29, 0.717) is 24.6 Å². The summed E-state index contributed by atoms with van der Waals surface area (Å²) < 4.78 is 7.33. The molecule has 2 N–H and O–H groups in total. The first-order valence-electron chi connectivity index (χ1n) is 5.49. The van der Waals surface area contributed by atoms with Gasteiger partial charge < -0.3 is 27.6 Å². The van der Waals surface area contributed by atoms with Crippen LogP contribution in [0.25, 0.3) is 0 Å². The molecular weight excluding hydrogens is 246 g/mol. The molecule has 96 valence electrons. The average molecular weight is 262 g/mol. The summed E-state index contributed by atoms with van der Waals surface area (Å²) in [6.07, 6.45) is 2.30. The highest BCUT2D eigenvalue weighted by Gasteiger charge is 2.32. The highest BCUT2D eigenvalue weighted by molar-refractivity contribution is 6.67. The van der Waals surface area contributed by atoms with Gasteiger partial charge in [-0.3, -0.25) is 0 Å². The Kier molecular flexibility index (Phi) is 5.37. The van der Waals surface area contributed by atoms with E-state index in [9.17, 15) is 0 Å². The molecule has 0 unspecified atom stereocenters. The molecule has 2 fully saturated rings. The van der Waals surface area contributed by atoms with Crippen molar-refractivity contribution in [2.24, 2.45) is 10.3 Å². The van der Waals surface area contributed by atoms with E-state index in [2.05, 4.69) is 14.9 Å². The van der Waals surface area contributed by atoms with Gasteiger partial charge in [-0.15, -0.1) is 0 Å². The van der Waals surface area contributed by atoms with Crippen molar-refractivity contribution in [1.82, 2.24) is 0 Å². The van der Waals surface area contributed by atoms with Crippen LogP contribution < -0.4 is 12.4 Å². The molecule has 7 heteroatoms. The Labute approximate surface area is 106 Å². The summed E-state index contributed by atoms with van der Waals surface area (Å²) in [5.41, 5.74) is 2.00. The number of morpholine rings is 1. The van der Waals surface area contributed by atoms with Gasteiger partial charge in [0, 0.05) is 12.8 Å². The fraction of sp³-hybridized carbons (Fsp3) is 0.700. The molecule has 0 atom stereocenters. The Hall–Kier alpha value is -1.14. The first-order valence-corrected chi connectivity index (χ1v) is 5.49. The summed E-state index contributed by atoms with van der Waals surface area (Å²) in [5, 5.41) is 24.6. The third-order valence-electron chi connectivity index (χ3n) is 2.94. The van der Waals surface area contributed by atoms with Gasteiger partial charge in [-0.25, -0.2) is 4.58 Å². The minimum atomic E-state index is 0. The van der Waals surface area contributed by atoms with E-state index in [4.69, 9.17) is 15.2 Å². The lowest BCUT2D eigenvalue weighted by atomic mass is 9.93. The molecule has 1 saturated heterocycles. The highest BCUT2D eigenvalue weighted by Crippen LogP contribution is 2.12. The van der Waals surface area contributed by atoms with Crippen LogP contribution in [0.1, 0.15) is 19.3 Å². The molecule has 0 aromatic rings. The van der Waals surface area contributed by atoms with Crippen LogP contribution in [-0.4, -0.2) is 58.4 Å². The van der Waals surface area contributed by atoms with Crippen LogP contribution in [-0.2, 0) is 4.74 Å². The van der Waals surface area contributed by atoms with Crippen molar-refractivity contribution in [3.63, 3.8) is 0 Å². The van der Waals surface area contributed by atoms with E-state index in [1.54, 1.807) is 0 Å². The van der Waals surface area contributed by atoms with E-state index >= 15 is 0 Å². The van der Waals surface area contributed by atoms with Crippen molar-refractivity contribution in [2.45, 2.75) is 19.3 Å². The zero-order valence-electron chi connectivity index (χ0n) is 9.47. The van der Waals surface area contributed by atoms with Crippen LogP contribution in [0.2, 0.25) is 0 Å². The smallest absolute Gasteiger partial charge is 0.250 e. The molecule has 0 spiro atoms. The van der Waals surface area contributed by atoms with Crippen LogP contribution in [0.3, 0.4) is 0 Å². The molecule has 6 nitrogen and oxygen atoms in total. The summed E-state index contributed by atoms with van der Waals surface area (Å²) in [6.45, 7) is 2.79. The minimum Gasteiger partial charge on any atom is -1.00 e. The Balaban J connectivity index is 0.00000144. The predicted molar refractivity (Wildman–Crippen MR) is 58.1 cm³/mol. The lowest BCUT2D eigenvalue weighted by Crippen LogP contribution is -3.00. The summed E-state index contributed by atoms with van der Waals surface area (Å²) in [5.74, 6) is 0. The number of oxime groups is 2. The molecule has 1 saturated carbocycles.